The minimum atomic E-state index is -0.00199. The SMILES string of the molecule is CCN(Cc1cccs1)c1ccc(C(=N)N)c(Cl)c1. The summed E-state index contributed by atoms with van der Waals surface area (Å²) in [6.45, 7) is 3.87. The van der Waals surface area contributed by atoms with E-state index in [0.717, 1.165) is 18.8 Å². The highest BCUT2D eigenvalue weighted by atomic mass is 35.5. The third-order valence-corrected chi connectivity index (χ3v) is 4.09. The van der Waals surface area contributed by atoms with E-state index in [9.17, 15) is 0 Å². The molecular weight excluding hydrogens is 278 g/mol. The molecule has 0 saturated carbocycles. The summed E-state index contributed by atoms with van der Waals surface area (Å²) in [6, 6.07) is 9.81. The van der Waals surface area contributed by atoms with Gasteiger partial charge in [-0.3, -0.25) is 5.41 Å². The summed E-state index contributed by atoms with van der Waals surface area (Å²) in [5.41, 5.74) is 7.10. The molecule has 1 aromatic heterocycles. The van der Waals surface area contributed by atoms with E-state index in [-0.39, 0.29) is 5.84 Å². The number of anilines is 1. The van der Waals surface area contributed by atoms with Crippen molar-refractivity contribution < 1.29 is 0 Å². The lowest BCUT2D eigenvalue weighted by atomic mass is 10.1. The van der Waals surface area contributed by atoms with Crippen LogP contribution in [0.4, 0.5) is 5.69 Å². The van der Waals surface area contributed by atoms with Gasteiger partial charge in [-0.15, -0.1) is 11.3 Å². The fourth-order valence-corrected chi connectivity index (χ4v) is 2.89. The highest BCUT2D eigenvalue weighted by Gasteiger charge is 2.10. The van der Waals surface area contributed by atoms with E-state index in [1.165, 1.54) is 4.88 Å². The van der Waals surface area contributed by atoms with Crippen molar-refractivity contribution in [1.29, 1.82) is 5.41 Å². The van der Waals surface area contributed by atoms with Gasteiger partial charge in [-0.05, 0) is 36.6 Å². The van der Waals surface area contributed by atoms with Crippen LogP contribution in [-0.4, -0.2) is 12.4 Å². The Morgan fingerprint density at radius 3 is 2.74 bits per heavy atom. The van der Waals surface area contributed by atoms with Gasteiger partial charge in [0, 0.05) is 22.7 Å². The molecule has 0 saturated heterocycles. The zero-order valence-corrected chi connectivity index (χ0v) is 12.3. The summed E-state index contributed by atoms with van der Waals surface area (Å²) in [6.07, 6.45) is 0. The second kappa shape index (κ2) is 6.08. The Bertz CT molecular complexity index is 566. The third kappa shape index (κ3) is 3.28. The Labute approximate surface area is 122 Å². The van der Waals surface area contributed by atoms with Gasteiger partial charge in [-0.1, -0.05) is 17.7 Å². The maximum atomic E-state index is 7.44. The van der Waals surface area contributed by atoms with Crippen molar-refractivity contribution in [3.8, 4) is 0 Å². The molecule has 0 aliphatic heterocycles. The molecule has 0 aliphatic rings. The summed E-state index contributed by atoms with van der Waals surface area (Å²) >= 11 is 7.91. The molecule has 19 heavy (non-hydrogen) atoms. The molecular formula is C14H16ClN3S. The number of halogens is 1. The fraction of sp³-hybridized carbons (Fsp3) is 0.214. The quantitative estimate of drug-likeness (QED) is 0.652. The van der Waals surface area contributed by atoms with E-state index < -0.39 is 0 Å². The lowest BCUT2D eigenvalue weighted by Crippen LogP contribution is -2.21. The number of nitrogens with zero attached hydrogens (tertiary/aromatic N) is 1. The van der Waals surface area contributed by atoms with Crippen molar-refractivity contribution in [2.75, 3.05) is 11.4 Å². The molecule has 5 heteroatoms. The van der Waals surface area contributed by atoms with Crippen LogP contribution < -0.4 is 10.6 Å². The van der Waals surface area contributed by atoms with Gasteiger partial charge in [0.25, 0.3) is 0 Å². The molecule has 1 aromatic carbocycles. The summed E-state index contributed by atoms with van der Waals surface area (Å²) in [7, 11) is 0. The summed E-state index contributed by atoms with van der Waals surface area (Å²) < 4.78 is 0. The Hall–Kier alpha value is -1.52. The first-order valence-electron chi connectivity index (χ1n) is 6.03. The van der Waals surface area contributed by atoms with Crippen LogP contribution in [0.3, 0.4) is 0 Å². The first-order chi connectivity index (χ1) is 9.11. The lowest BCUT2D eigenvalue weighted by molar-refractivity contribution is 0.842. The van der Waals surface area contributed by atoms with Crippen molar-refractivity contribution >= 4 is 34.5 Å². The molecule has 3 nitrogen and oxygen atoms in total. The van der Waals surface area contributed by atoms with Gasteiger partial charge >= 0.3 is 0 Å². The number of benzene rings is 1. The Morgan fingerprint density at radius 1 is 1.42 bits per heavy atom. The maximum absolute atomic E-state index is 7.44. The van der Waals surface area contributed by atoms with E-state index in [2.05, 4.69) is 29.3 Å². The molecule has 0 unspecified atom stereocenters. The number of nitrogen functional groups attached to an aromatic ring is 1. The number of amidine groups is 1. The van der Waals surface area contributed by atoms with Crippen LogP contribution in [0.25, 0.3) is 0 Å². The zero-order valence-electron chi connectivity index (χ0n) is 10.7. The van der Waals surface area contributed by atoms with Crippen LogP contribution in [0.5, 0.6) is 0 Å². The molecule has 2 aromatic rings. The Morgan fingerprint density at radius 2 is 2.21 bits per heavy atom. The zero-order chi connectivity index (χ0) is 13.8. The summed E-state index contributed by atoms with van der Waals surface area (Å²) in [4.78, 5) is 3.55. The highest BCUT2D eigenvalue weighted by Crippen LogP contribution is 2.25. The molecule has 0 atom stereocenters. The number of thiophene rings is 1. The van der Waals surface area contributed by atoms with Crippen LogP contribution in [0, 0.1) is 5.41 Å². The molecule has 0 spiro atoms. The smallest absolute Gasteiger partial charge is 0.124 e. The number of nitrogens with two attached hydrogens (primary N) is 1. The van der Waals surface area contributed by atoms with Crippen LogP contribution in [0.2, 0.25) is 5.02 Å². The average Bonchev–Trinajstić information content (AvgIpc) is 2.88. The van der Waals surface area contributed by atoms with E-state index in [1.54, 1.807) is 17.4 Å². The first-order valence-corrected chi connectivity index (χ1v) is 7.29. The van der Waals surface area contributed by atoms with Gasteiger partial charge < -0.3 is 10.6 Å². The number of hydrogen-bond donors (Lipinski definition) is 2. The standard InChI is InChI=1S/C14H16ClN3S/c1-2-18(9-11-4-3-7-19-11)10-5-6-12(14(16)17)13(15)8-10/h3-8H,2,9H2,1H3,(H3,16,17). The van der Waals surface area contributed by atoms with Crippen molar-refractivity contribution in [1.82, 2.24) is 0 Å². The largest absolute Gasteiger partial charge is 0.384 e. The Balaban J connectivity index is 2.23. The molecule has 100 valence electrons. The molecule has 0 aliphatic carbocycles. The monoisotopic (exact) mass is 293 g/mol. The van der Waals surface area contributed by atoms with Gasteiger partial charge in [0.1, 0.15) is 5.84 Å². The summed E-state index contributed by atoms with van der Waals surface area (Å²) in [5.74, 6) is -0.00199. The van der Waals surface area contributed by atoms with Crippen molar-refractivity contribution in [2.45, 2.75) is 13.5 Å². The molecule has 0 bridgehead atoms. The minimum absolute atomic E-state index is 0.00199. The van der Waals surface area contributed by atoms with Gasteiger partial charge in [0.05, 0.1) is 11.6 Å². The number of hydrogen-bond acceptors (Lipinski definition) is 3. The lowest BCUT2D eigenvalue weighted by Gasteiger charge is -2.23. The molecule has 1 heterocycles. The highest BCUT2D eigenvalue weighted by molar-refractivity contribution is 7.09. The minimum Gasteiger partial charge on any atom is -0.384 e. The molecule has 2 rings (SSSR count). The Kier molecular flexibility index (Phi) is 4.45. The van der Waals surface area contributed by atoms with E-state index in [1.807, 2.05) is 12.1 Å². The van der Waals surface area contributed by atoms with Crippen molar-refractivity contribution in [3.05, 3.63) is 51.2 Å². The second-order valence-corrected chi connectivity index (χ2v) is 5.61. The van der Waals surface area contributed by atoms with Crippen LogP contribution in [-0.2, 0) is 6.54 Å². The number of nitrogens with one attached hydrogen (secondary N) is 1. The van der Waals surface area contributed by atoms with E-state index >= 15 is 0 Å². The fourth-order valence-electron chi connectivity index (χ4n) is 1.90. The van der Waals surface area contributed by atoms with Crippen LogP contribution in [0.1, 0.15) is 17.4 Å². The second-order valence-electron chi connectivity index (χ2n) is 4.17. The molecule has 3 N–H and O–H groups in total. The van der Waals surface area contributed by atoms with Gasteiger partial charge in [0.15, 0.2) is 0 Å². The number of rotatable bonds is 5. The van der Waals surface area contributed by atoms with E-state index in [4.69, 9.17) is 22.7 Å². The van der Waals surface area contributed by atoms with Gasteiger partial charge in [0.2, 0.25) is 0 Å². The van der Waals surface area contributed by atoms with Crippen LogP contribution in [0.15, 0.2) is 35.7 Å². The normalized spacial score (nSPS) is 10.4. The first kappa shape index (κ1) is 13.9. The molecule has 0 radical (unpaired) electrons. The van der Waals surface area contributed by atoms with Gasteiger partial charge in [-0.2, -0.15) is 0 Å². The van der Waals surface area contributed by atoms with Crippen LogP contribution >= 0.6 is 22.9 Å². The topological polar surface area (TPSA) is 53.1 Å². The molecule has 0 amide bonds. The predicted molar refractivity (Wildman–Crippen MR) is 83.5 cm³/mol. The third-order valence-electron chi connectivity index (χ3n) is 2.92. The van der Waals surface area contributed by atoms with Crippen molar-refractivity contribution in [3.63, 3.8) is 0 Å². The molecule has 0 fully saturated rings. The summed E-state index contributed by atoms with van der Waals surface area (Å²) in [5, 5.41) is 10.0. The maximum Gasteiger partial charge on any atom is 0.124 e. The predicted octanol–water partition coefficient (Wildman–Crippen LogP) is 3.71. The van der Waals surface area contributed by atoms with E-state index in [0.29, 0.717) is 10.6 Å². The van der Waals surface area contributed by atoms with Crippen molar-refractivity contribution in [2.24, 2.45) is 5.73 Å². The average molecular weight is 294 g/mol. The van der Waals surface area contributed by atoms with Gasteiger partial charge in [-0.25, -0.2) is 0 Å².